The minimum absolute atomic E-state index is 0.104. The van der Waals surface area contributed by atoms with Crippen LogP contribution in [0.5, 0.6) is 0 Å². The lowest BCUT2D eigenvalue weighted by Gasteiger charge is -2.10. The van der Waals surface area contributed by atoms with Gasteiger partial charge in [-0.15, -0.1) is 0 Å². The first-order valence-corrected chi connectivity index (χ1v) is 8.31. The Labute approximate surface area is 137 Å². The van der Waals surface area contributed by atoms with Crippen LogP contribution in [0.2, 0.25) is 0 Å². The van der Waals surface area contributed by atoms with E-state index in [-0.39, 0.29) is 11.3 Å². The van der Waals surface area contributed by atoms with E-state index in [2.05, 4.69) is 5.32 Å². The average Bonchev–Trinajstić information content (AvgIpc) is 2.55. The summed E-state index contributed by atoms with van der Waals surface area (Å²) in [7, 11) is -4.91. The van der Waals surface area contributed by atoms with Crippen molar-refractivity contribution in [2.24, 2.45) is 0 Å². The van der Waals surface area contributed by atoms with E-state index in [1.807, 2.05) is 0 Å². The third kappa shape index (κ3) is 3.65. The Morgan fingerprint density at radius 1 is 1.00 bits per heavy atom. The smallest absolute Gasteiger partial charge is 0.318 e. The molecular formula is C16H13F2NO4S. The first-order chi connectivity index (χ1) is 11.2. The van der Waals surface area contributed by atoms with Gasteiger partial charge in [0.2, 0.25) is 9.84 Å². The molecule has 2 aromatic carbocycles. The number of aryl methyl sites for hydroxylation is 1. The summed E-state index contributed by atoms with van der Waals surface area (Å²) < 4.78 is 48.7. The quantitative estimate of drug-likeness (QED) is 0.662. The second-order valence-electron chi connectivity index (χ2n) is 4.95. The molecule has 0 atom stereocenters. The van der Waals surface area contributed by atoms with Crippen molar-refractivity contribution in [3.05, 3.63) is 59.7 Å². The Kier molecular flexibility index (Phi) is 5.08. The molecule has 0 saturated heterocycles. The number of amides is 1. The van der Waals surface area contributed by atoms with E-state index in [4.69, 9.17) is 0 Å². The Bertz CT molecular complexity index is 877. The molecule has 0 saturated carbocycles. The fourth-order valence-electron chi connectivity index (χ4n) is 1.93. The highest BCUT2D eigenvalue weighted by Crippen LogP contribution is 2.26. The number of hydrogen-bond acceptors (Lipinski definition) is 4. The summed E-state index contributed by atoms with van der Waals surface area (Å²) in [6.07, 6.45) is 0. The predicted molar refractivity (Wildman–Crippen MR) is 83.8 cm³/mol. The molecule has 0 fully saturated rings. The number of rotatable bonds is 5. The highest BCUT2D eigenvalue weighted by atomic mass is 32.2. The summed E-state index contributed by atoms with van der Waals surface area (Å²) in [6.45, 7) is 1.81. The topological polar surface area (TPSA) is 80.3 Å². The van der Waals surface area contributed by atoms with Crippen LogP contribution in [0.3, 0.4) is 0 Å². The number of para-hydroxylation sites is 1. The normalized spacial score (nSPS) is 11.3. The van der Waals surface area contributed by atoms with E-state index in [0.29, 0.717) is 0 Å². The van der Waals surface area contributed by atoms with Crippen molar-refractivity contribution in [3.63, 3.8) is 0 Å². The molecule has 1 N–H and O–H groups in total. The lowest BCUT2D eigenvalue weighted by molar-refractivity contribution is -0.112. The van der Waals surface area contributed by atoms with E-state index in [1.54, 1.807) is 19.1 Å². The molecule has 5 nitrogen and oxygen atoms in total. The number of benzene rings is 2. The molecule has 0 aromatic heterocycles. The minimum Gasteiger partial charge on any atom is -0.318 e. The second-order valence-corrected chi connectivity index (χ2v) is 6.84. The van der Waals surface area contributed by atoms with Gasteiger partial charge >= 0.3 is 5.76 Å². The van der Waals surface area contributed by atoms with Crippen LogP contribution in [0.1, 0.15) is 15.9 Å². The standard InChI is InChI=1S/C16H13F2NO4S/c1-10-6-8-11(9-7-10)14(20)15(21)19-12-4-2-3-5-13(12)24(22,23)16(17)18/h2-9,16H,1H3,(H,19,21). The number of nitrogens with one attached hydrogen (secondary N) is 1. The molecule has 8 heteroatoms. The van der Waals surface area contributed by atoms with Crippen molar-refractivity contribution >= 4 is 27.2 Å². The van der Waals surface area contributed by atoms with Crippen LogP contribution in [-0.2, 0) is 14.6 Å². The van der Waals surface area contributed by atoms with Crippen molar-refractivity contribution in [3.8, 4) is 0 Å². The summed E-state index contributed by atoms with van der Waals surface area (Å²) in [4.78, 5) is 23.3. The molecular weight excluding hydrogens is 340 g/mol. The molecule has 0 spiro atoms. The van der Waals surface area contributed by atoms with Crippen molar-refractivity contribution in [1.82, 2.24) is 0 Å². The van der Waals surface area contributed by atoms with Gasteiger partial charge in [-0.1, -0.05) is 42.0 Å². The van der Waals surface area contributed by atoms with Gasteiger partial charge in [-0.25, -0.2) is 8.42 Å². The molecule has 24 heavy (non-hydrogen) atoms. The molecule has 1 amide bonds. The summed E-state index contributed by atoms with van der Waals surface area (Å²) in [5, 5.41) is 2.08. The van der Waals surface area contributed by atoms with Gasteiger partial charge < -0.3 is 5.32 Å². The fraction of sp³-hybridized carbons (Fsp3) is 0.125. The zero-order chi connectivity index (χ0) is 17.9. The van der Waals surface area contributed by atoms with Gasteiger partial charge in [0.25, 0.3) is 11.7 Å². The van der Waals surface area contributed by atoms with Crippen molar-refractivity contribution < 1.29 is 26.8 Å². The maximum atomic E-state index is 12.7. The summed E-state index contributed by atoms with van der Waals surface area (Å²) in [6, 6.07) is 10.8. The van der Waals surface area contributed by atoms with Gasteiger partial charge in [-0.3, -0.25) is 9.59 Å². The first kappa shape index (κ1) is 17.7. The minimum atomic E-state index is -4.91. The first-order valence-electron chi connectivity index (χ1n) is 6.77. The number of Topliss-reactive ketones (excluding diaryl/α,β-unsaturated/α-hetero) is 1. The molecule has 0 radical (unpaired) electrons. The van der Waals surface area contributed by atoms with Crippen LogP contribution < -0.4 is 5.32 Å². The van der Waals surface area contributed by atoms with Crippen LogP contribution in [-0.4, -0.2) is 25.9 Å². The Morgan fingerprint density at radius 3 is 2.17 bits per heavy atom. The van der Waals surface area contributed by atoms with Crippen LogP contribution in [0.4, 0.5) is 14.5 Å². The van der Waals surface area contributed by atoms with E-state index in [1.165, 1.54) is 24.3 Å². The predicted octanol–water partition coefficient (Wildman–Crippen LogP) is 2.81. The molecule has 0 aliphatic heterocycles. The number of ketones is 1. The Morgan fingerprint density at radius 2 is 1.58 bits per heavy atom. The fourth-order valence-corrected chi connectivity index (χ4v) is 2.81. The summed E-state index contributed by atoms with van der Waals surface area (Å²) in [5.41, 5.74) is 0.621. The average molecular weight is 353 g/mol. The summed E-state index contributed by atoms with van der Waals surface area (Å²) in [5.74, 6) is -5.65. The SMILES string of the molecule is Cc1ccc(C(=O)C(=O)Nc2ccccc2S(=O)(=O)C(F)F)cc1. The Hall–Kier alpha value is -2.61. The van der Waals surface area contributed by atoms with Gasteiger partial charge in [0.1, 0.15) is 0 Å². The van der Waals surface area contributed by atoms with Crippen LogP contribution in [0.15, 0.2) is 53.4 Å². The number of halogens is 2. The van der Waals surface area contributed by atoms with Gasteiger partial charge in [-0.05, 0) is 19.1 Å². The number of alkyl halides is 2. The highest BCUT2D eigenvalue weighted by molar-refractivity contribution is 7.91. The zero-order valence-electron chi connectivity index (χ0n) is 12.5. The van der Waals surface area contributed by atoms with Gasteiger partial charge in [-0.2, -0.15) is 8.78 Å². The lowest BCUT2D eigenvalue weighted by Crippen LogP contribution is -2.24. The van der Waals surface area contributed by atoms with E-state index in [0.717, 1.165) is 17.7 Å². The van der Waals surface area contributed by atoms with Gasteiger partial charge in [0.15, 0.2) is 0 Å². The molecule has 2 aromatic rings. The molecule has 0 bridgehead atoms. The summed E-state index contributed by atoms with van der Waals surface area (Å²) >= 11 is 0. The molecule has 0 aliphatic carbocycles. The van der Waals surface area contributed by atoms with Gasteiger partial charge in [0.05, 0.1) is 10.6 Å². The number of anilines is 1. The van der Waals surface area contributed by atoms with Crippen LogP contribution >= 0.6 is 0 Å². The van der Waals surface area contributed by atoms with E-state index >= 15 is 0 Å². The molecule has 2 rings (SSSR count). The zero-order valence-corrected chi connectivity index (χ0v) is 13.3. The molecule has 0 aliphatic rings. The van der Waals surface area contributed by atoms with Crippen molar-refractivity contribution in [2.75, 3.05) is 5.32 Å². The van der Waals surface area contributed by atoms with Crippen molar-refractivity contribution in [2.45, 2.75) is 17.6 Å². The van der Waals surface area contributed by atoms with E-state index in [9.17, 15) is 26.8 Å². The van der Waals surface area contributed by atoms with E-state index < -0.39 is 32.2 Å². The van der Waals surface area contributed by atoms with Gasteiger partial charge in [0, 0.05) is 5.56 Å². The third-order valence-electron chi connectivity index (χ3n) is 3.20. The number of carbonyl (C=O) groups is 2. The molecule has 0 unspecified atom stereocenters. The largest absolute Gasteiger partial charge is 0.341 e. The van der Waals surface area contributed by atoms with Crippen LogP contribution in [0.25, 0.3) is 0 Å². The van der Waals surface area contributed by atoms with Crippen LogP contribution in [0, 0.1) is 6.92 Å². The van der Waals surface area contributed by atoms with Crippen molar-refractivity contribution in [1.29, 1.82) is 0 Å². The molecule has 0 heterocycles. The number of carbonyl (C=O) groups excluding carboxylic acids is 2. The lowest BCUT2D eigenvalue weighted by atomic mass is 10.1. The third-order valence-corrected chi connectivity index (χ3v) is 4.63. The number of sulfone groups is 1. The second kappa shape index (κ2) is 6.88. The monoisotopic (exact) mass is 353 g/mol. The molecule has 126 valence electrons. The maximum absolute atomic E-state index is 12.7. The maximum Gasteiger partial charge on any atom is 0.341 e. The highest BCUT2D eigenvalue weighted by Gasteiger charge is 2.30. The Balaban J connectivity index is 2.30. The number of hydrogen-bond donors (Lipinski definition) is 1.